The van der Waals surface area contributed by atoms with E-state index in [0.29, 0.717) is 16.3 Å². The van der Waals surface area contributed by atoms with Gasteiger partial charge in [-0.2, -0.15) is 0 Å². The smallest absolute Gasteiger partial charge is 0.314 e. The van der Waals surface area contributed by atoms with Crippen molar-refractivity contribution in [3.8, 4) is 0 Å². The molecule has 0 aliphatic heterocycles. The van der Waals surface area contributed by atoms with Gasteiger partial charge in [-0.25, -0.2) is 0 Å². The molecule has 132 valence electrons. The Morgan fingerprint density at radius 2 is 1.84 bits per heavy atom. The van der Waals surface area contributed by atoms with Crippen LogP contribution in [0.5, 0.6) is 0 Å². The van der Waals surface area contributed by atoms with E-state index in [1.165, 1.54) is 19.1 Å². The van der Waals surface area contributed by atoms with Crippen LogP contribution in [-0.4, -0.2) is 17.0 Å². The summed E-state index contributed by atoms with van der Waals surface area (Å²) in [6.07, 6.45) is -0.231. The number of rotatable bonds is 5. The van der Waals surface area contributed by atoms with Crippen LogP contribution in [0.4, 0.5) is 5.69 Å². The zero-order valence-corrected chi connectivity index (χ0v) is 17.2. The first-order valence-corrected chi connectivity index (χ1v) is 9.21. The van der Waals surface area contributed by atoms with Crippen molar-refractivity contribution in [2.75, 3.05) is 5.32 Å². The standard InChI is InChI=1S/C18H16Cl2INO3/c1-10-5-12(21)8-13(6-10)22-16(23)9-18(2,17(24)25)11-3-4-14(19)15(20)7-11/h3-8H,9H2,1-2H3,(H,22,23)(H,24,25). The molecular formula is C18H16Cl2INO3. The molecule has 1 amide bonds. The van der Waals surface area contributed by atoms with Crippen LogP contribution in [-0.2, 0) is 15.0 Å². The molecule has 7 heteroatoms. The summed E-state index contributed by atoms with van der Waals surface area (Å²) in [5, 5.41) is 13.0. The first kappa shape index (κ1) is 20.0. The highest BCUT2D eigenvalue weighted by Gasteiger charge is 2.38. The number of carboxylic acid groups (broad SMARTS) is 1. The maximum absolute atomic E-state index is 12.4. The van der Waals surface area contributed by atoms with Gasteiger partial charge in [-0.1, -0.05) is 29.3 Å². The molecule has 0 aromatic heterocycles. The number of benzene rings is 2. The van der Waals surface area contributed by atoms with Crippen molar-refractivity contribution < 1.29 is 14.7 Å². The van der Waals surface area contributed by atoms with Gasteiger partial charge < -0.3 is 10.4 Å². The van der Waals surface area contributed by atoms with Crippen molar-refractivity contribution in [2.45, 2.75) is 25.7 Å². The van der Waals surface area contributed by atoms with E-state index in [0.717, 1.165) is 9.13 Å². The maximum atomic E-state index is 12.4. The van der Waals surface area contributed by atoms with Gasteiger partial charge in [-0.15, -0.1) is 0 Å². The van der Waals surface area contributed by atoms with Crippen LogP contribution in [0.1, 0.15) is 24.5 Å². The summed E-state index contributed by atoms with van der Waals surface area (Å²) in [4.78, 5) is 24.3. The lowest BCUT2D eigenvalue weighted by Gasteiger charge is -2.25. The topological polar surface area (TPSA) is 66.4 Å². The van der Waals surface area contributed by atoms with Gasteiger partial charge in [0, 0.05) is 15.7 Å². The van der Waals surface area contributed by atoms with Crippen LogP contribution < -0.4 is 5.32 Å². The zero-order valence-electron chi connectivity index (χ0n) is 13.6. The first-order valence-electron chi connectivity index (χ1n) is 7.38. The third-order valence-corrected chi connectivity index (χ3v) is 5.23. The lowest BCUT2D eigenvalue weighted by Crippen LogP contribution is -2.36. The normalized spacial score (nSPS) is 13.2. The second-order valence-electron chi connectivity index (χ2n) is 6.01. The number of aryl methyl sites for hydroxylation is 1. The van der Waals surface area contributed by atoms with Crippen LogP contribution >= 0.6 is 45.8 Å². The fourth-order valence-corrected chi connectivity index (χ4v) is 3.60. The van der Waals surface area contributed by atoms with Crippen molar-refractivity contribution in [3.05, 3.63) is 61.1 Å². The molecule has 4 nitrogen and oxygen atoms in total. The third-order valence-electron chi connectivity index (χ3n) is 3.87. The van der Waals surface area contributed by atoms with E-state index in [-0.39, 0.29) is 11.4 Å². The van der Waals surface area contributed by atoms with E-state index in [9.17, 15) is 14.7 Å². The van der Waals surface area contributed by atoms with Crippen molar-refractivity contribution in [1.82, 2.24) is 0 Å². The van der Waals surface area contributed by atoms with Gasteiger partial charge in [0.25, 0.3) is 0 Å². The largest absolute Gasteiger partial charge is 0.481 e. The third kappa shape index (κ3) is 4.86. The van der Waals surface area contributed by atoms with Crippen LogP contribution in [0.3, 0.4) is 0 Å². The Kier molecular flexibility index (Phi) is 6.35. The number of hydrogen-bond acceptors (Lipinski definition) is 2. The van der Waals surface area contributed by atoms with Crippen LogP contribution in [0, 0.1) is 10.5 Å². The second-order valence-corrected chi connectivity index (χ2v) is 8.07. The first-order chi connectivity index (χ1) is 11.6. The number of amides is 1. The summed E-state index contributed by atoms with van der Waals surface area (Å²) < 4.78 is 0.985. The number of halogens is 3. The SMILES string of the molecule is Cc1cc(I)cc(NC(=O)CC(C)(C(=O)O)c2ccc(Cl)c(Cl)c2)c1. The van der Waals surface area contributed by atoms with E-state index in [1.807, 2.05) is 25.1 Å². The Hall–Kier alpha value is -1.31. The van der Waals surface area contributed by atoms with Crippen molar-refractivity contribution in [2.24, 2.45) is 0 Å². The fraction of sp³-hybridized carbons (Fsp3) is 0.222. The predicted octanol–water partition coefficient (Wildman–Crippen LogP) is 5.28. The fourth-order valence-electron chi connectivity index (χ4n) is 2.48. The molecule has 0 aliphatic rings. The van der Waals surface area contributed by atoms with Crippen molar-refractivity contribution >= 4 is 63.4 Å². The molecule has 0 heterocycles. The van der Waals surface area contributed by atoms with E-state index >= 15 is 0 Å². The minimum atomic E-state index is -1.42. The van der Waals surface area contributed by atoms with Crippen molar-refractivity contribution in [1.29, 1.82) is 0 Å². The second kappa shape index (κ2) is 7.93. The summed E-state index contributed by atoms with van der Waals surface area (Å²) in [7, 11) is 0. The lowest BCUT2D eigenvalue weighted by atomic mass is 9.79. The molecule has 1 atom stereocenters. The number of carboxylic acids is 1. The van der Waals surface area contributed by atoms with Gasteiger partial charge in [0.1, 0.15) is 0 Å². The number of carbonyl (C=O) groups is 2. The number of anilines is 1. The minimum Gasteiger partial charge on any atom is -0.481 e. The summed E-state index contributed by atoms with van der Waals surface area (Å²) in [5.41, 5.74) is 0.641. The van der Waals surface area contributed by atoms with Crippen LogP contribution in [0.25, 0.3) is 0 Å². The Morgan fingerprint density at radius 3 is 2.40 bits per heavy atom. The molecule has 2 aromatic rings. The number of aliphatic carboxylic acids is 1. The van der Waals surface area contributed by atoms with Gasteiger partial charge >= 0.3 is 5.97 Å². The van der Waals surface area contributed by atoms with Gasteiger partial charge in [0.15, 0.2) is 0 Å². The zero-order chi connectivity index (χ0) is 18.8. The molecule has 0 bridgehead atoms. The van der Waals surface area contributed by atoms with E-state index in [1.54, 1.807) is 6.07 Å². The molecule has 0 aliphatic carbocycles. The van der Waals surface area contributed by atoms with Gasteiger partial charge in [-0.05, 0) is 77.9 Å². The average Bonchev–Trinajstić information content (AvgIpc) is 2.48. The molecule has 1 unspecified atom stereocenters. The number of carbonyl (C=O) groups excluding carboxylic acids is 1. The average molecular weight is 492 g/mol. The van der Waals surface area contributed by atoms with Crippen molar-refractivity contribution in [3.63, 3.8) is 0 Å². The summed E-state index contributed by atoms with van der Waals surface area (Å²) in [5.74, 6) is -1.50. The predicted molar refractivity (Wildman–Crippen MR) is 109 cm³/mol. The molecule has 0 radical (unpaired) electrons. The molecule has 2 rings (SSSR count). The summed E-state index contributed by atoms with van der Waals surface area (Å²) in [6, 6.07) is 10.2. The summed E-state index contributed by atoms with van der Waals surface area (Å²) >= 11 is 14.1. The Labute approximate surface area is 169 Å². The van der Waals surface area contributed by atoms with E-state index in [2.05, 4.69) is 27.9 Å². The van der Waals surface area contributed by atoms with Crippen LogP contribution in [0.15, 0.2) is 36.4 Å². The van der Waals surface area contributed by atoms with E-state index < -0.39 is 17.3 Å². The molecule has 0 saturated carbocycles. The highest BCUT2D eigenvalue weighted by Crippen LogP contribution is 2.33. The minimum absolute atomic E-state index is 0.231. The molecule has 2 aromatic carbocycles. The highest BCUT2D eigenvalue weighted by molar-refractivity contribution is 14.1. The van der Waals surface area contributed by atoms with Gasteiger partial charge in [0.2, 0.25) is 5.91 Å². The Balaban J connectivity index is 2.27. The molecular weight excluding hydrogens is 476 g/mol. The van der Waals surface area contributed by atoms with Gasteiger partial charge in [0.05, 0.1) is 15.5 Å². The summed E-state index contributed by atoms with van der Waals surface area (Å²) in [6.45, 7) is 3.42. The highest BCUT2D eigenvalue weighted by atomic mass is 127. The lowest BCUT2D eigenvalue weighted by molar-refractivity contribution is -0.145. The molecule has 25 heavy (non-hydrogen) atoms. The Morgan fingerprint density at radius 1 is 1.16 bits per heavy atom. The molecule has 0 saturated heterocycles. The van der Waals surface area contributed by atoms with Gasteiger partial charge in [-0.3, -0.25) is 9.59 Å². The van der Waals surface area contributed by atoms with E-state index in [4.69, 9.17) is 23.2 Å². The quantitative estimate of drug-likeness (QED) is 0.559. The maximum Gasteiger partial charge on any atom is 0.314 e. The number of nitrogens with one attached hydrogen (secondary N) is 1. The molecule has 0 fully saturated rings. The monoisotopic (exact) mass is 491 g/mol. The van der Waals surface area contributed by atoms with Crippen LogP contribution in [0.2, 0.25) is 10.0 Å². The molecule has 2 N–H and O–H groups in total. The molecule has 0 spiro atoms. The Bertz CT molecular complexity index is 821. The number of hydrogen-bond donors (Lipinski definition) is 2.